The van der Waals surface area contributed by atoms with Gasteiger partial charge >= 0.3 is 0 Å². The van der Waals surface area contributed by atoms with E-state index >= 15 is 0 Å². The molecular formula is C21H21NO3. The van der Waals surface area contributed by atoms with Gasteiger partial charge in [0.15, 0.2) is 0 Å². The van der Waals surface area contributed by atoms with Crippen LogP contribution >= 0.6 is 0 Å². The van der Waals surface area contributed by atoms with Gasteiger partial charge in [-0.3, -0.25) is 14.5 Å². The number of fused-ring (bicyclic) bond motifs is 2. The summed E-state index contributed by atoms with van der Waals surface area (Å²) >= 11 is 0. The number of nitrogens with zero attached hydrogens (tertiary/aromatic N) is 1. The van der Waals surface area contributed by atoms with Crippen molar-refractivity contribution in [3.8, 4) is 0 Å². The smallest absolute Gasteiger partial charge is 0.233 e. The third-order valence-electron chi connectivity index (χ3n) is 5.28. The van der Waals surface area contributed by atoms with E-state index in [2.05, 4.69) is 6.07 Å². The molecule has 2 aromatic carbocycles. The minimum atomic E-state index is -0.748. The Balaban J connectivity index is 1.45. The van der Waals surface area contributed by atoms with E-state index in [0.717, 1.165) is 16.3 Å². The van der Waals surface area contributed by atoms with E-state index in [1.54, 1.807) is 0 Å². The summed E-state index contributed by atoms with van der Waals surface area (Å²) in [6.07, 6.45) is 4.89. The van der Waals surface area contributed by atoms with E-state index in [4.69, 9.17) is 0 Å². The number of amides is 2. The minimum Gasteiger partial charge on any atom is -0.391 e. The molecule has 4 rings (SSSR count). The Morgan fingerprint density at radius 3 is 2.28 bits per heavy atom. The van der Waals surface area contributed by atoms with E-state index in [9.17, 15) is 14.7 Å². The summed E-state index contributed by atoms with van der Waals surface area (Å²) in [5.41, 5.74) is 1.00. The number of β-amino-alcohol motifs (C(OH)–C–C–N with tert-alkyl or cyclic N) is 1. The molecule has 1 saturated heterocycles. The molecule has 0 aromatic heterocycles. The number of aliphatic hydroxyl groups excluding tert-OH is 1. The molecule has 3 atom stereocenters. The van der Waals surface area contributed by atoms with Gasteiger partial charge in [0, 0.05) is 6.42 Å². The van der Waals surface area contributed by atoms with E-state index in [0.29, 0.717) is 19.3 Å². The van der Waals surface area contributed by atoms with Crippen molar-refractivity contribution >= 4 is 22.6 Å². The molecule has 0 bridgehead atoms. The Bertz CT molecular complexity index is 831. The van der Waals surface area contributed by atoms with Crippen LogP contribution < -0.4 is 0 Å². The summed E-state index contributed by atoms with van der Waals surface area (Å²) in [6.45, 7) is 0.0808. The monoisotopic (exact) mass is 335 g/mol. The van der Waals surface area contributed by atoms with Crippen LogP contribution in [-0.4, -0.2) is 34.5 Å². The Labute approximate surface area is 146 Å². The number of allylic oxidation sites excluding steroid dienone is 2. The van der Waals surface area contributed by atoms with Gasteiger partial charge in [0.1, 0.15) is 0 Å². The highest BCUT2D eigenvalue weighted by molar-refractivity contribution is 6.05. The molecule has 25 heavy (non-hydrogen) atoms. The van der Waals surface area contributed by atoms with Crippen LogP contribution in [0, 0.1) is 11.8 Å². The summed E-state index contributed by atoms with van der Waals surface area (Å²) in [6, 6.07) is 14.1. The zero-order chi connectivity index (χ0) is 17.4. The largest absolute Gasteiger partial charge is 0.391 e. The SMILES string of the molecule is O=C1[C@H]2CC=CC[C@H]2C(=O)N1CC(O)Cc1ccc2ccccc2c1. The molecule has 1 aliphatic heterocycles. The van der Waals surface area contributed by atoms with Crippen LogP contribution in [0.1, 0.15) is 18.4 Å². The van der Waals surface area contributed by atoms with Gasteiger partial charge in [-0.05, 0) is 29.2 Å². The van der Waals surface area contributed by atoms with Gasteiger partial charge in [0.05, 0.1) is 24.5 Å². The maximum atomic E-state index is 12.5. The first-order valence-corrected chi connectivity index (χ1v) is 8.79. The fourth-order valence-electron chi connectivity index (χ4n) is 3.96. The summed E-state index contributed by atoms with van der Waals surface area (Å²) in [5, 5.41) is 12.7. The highest BCUT2D eigenvalue weighted by atomic mass is 16.3. The molecule has 1 heterocycles. The Morgan fingerprint density at radius 2 is 1.60 bits per heavy atom. The fourth-order valence-corrected chi connectivity index (χ4v) is 3.96. The van der Waals surface area contributed by atoms with Gasteiger partial charge in [-0.15, -0.1) is 0 Å². The Hall–Kier alpha value is -2.46. The average Bonchev–Trinajstić information content (AvgIpc) is 2.87. The van der Waals surface area contributed by atoms with E-state index < -0.39 is 6.10 Å². The third kappa shape index (κ3) is 2.98. The molecule has 4 heteroatoms. The summed E-state index contributed by atoms with van der Waals surface area (Å²) in [7, 11) is 0. The van der Waals surface area contributed by atoms with Crippen molar-refractivity contribution in [1.82, 2.24) is 4.90 Å². The number of hydrogen-bond donors (Lipinski definition) is 1. The molecule has 1 unspecified atom stereocenters. The molecule has 2 amide bonds. The number of rotatable bonds is 4. The summed E-state index contributed by atoms with van der Waals surface area (Å²) in [4.78, 5) is 26.2. The van der Waals surface area contributed by atoms with Gasteiger partial charge in [-0.25, -0.2) is 0 Å². The number of benzene rings is 2. The molecule has 4 nitrogen and oxygen atoms in total. The molecular weight excluding hydrogens is 314 g/mol. The first kappa shape index (κ1) is 16.0. The highest BCUT2D eigenvalue weighted by Crippen LogP contribution is 2.35. The first-order valence-electron chi connectivity index (χ1n) is 8.79. The molecule has 0 saturated carbocycles. The van der Waals surface area contributed by atoms with Crippen LogP contribution in [-0.2, 0) is 16.0 Å². The van der Waals surface area contributed by atoms with E-state index in [1.807, 2.05) is 48.6 Å². The minimum absolute atomic E-state index is 0.0808. The van der Waals surface area contributed by atoms with Gasteiger partial charge in [0.25, 0.3) is 0 Å². The second kappa shape index (κ2) is 6.45. The van der Waals surface area contributed by atoms with Crippen LogP contribution in [0.15, 0.2) is 54.6 Å². The van der Waals surface area contributed by atoms with Gasteiger partial charge in [0.2, 0.25) is 11.8 Å². The average molecular weight is 335 g/mol. The van der Waals surface area contributed by atoms with Crippen molar-refractivity contribution in [2.24, 2.45) is 11.8 Å². The summed E-state index contributed by atoms with van der Waals surface area (Å²) in [5.74, 6) is -0.718. The lowest BCUT2D eigenvalue weighted by Crippen LogP contribution is -2.38. The van der Waals surface area contributed by atoms with Gasteiger partial charge in [-0.2, -0.15) is 0 Å². The van der Waals surface area contributed by atoms with Gasteiger partial charge in [-0.1, -0.05) is 54.6 Å². The lowest BCUT2D eigenvalue weighted by atomic mass is 9.85. The topological polar surface area (TPSA) is 57.6 Å². The molecule has 0 spiro atoms. The first-order chi connectivity index (χ1) is 12.1. The van der Waals surface area contributed by atoms with Crippen LogP contribution in [0.2, 0.25) is 0 Å². The number of carbonyl (C=O) groups is 2. The molecule has 128 valence electrons. The molecule has 2 aromatic rings. The number of hydrogen-bond acceptors (Lipinski definition) is 3. The maximum Gasteiger partial charge on any atom is 0.233 e. The van der Waals surface area contributed by atoms with Crippen LogP contribution in [0.3, 0.4) is 0 Å². The number of likely N-dealkylation sites (tertiary alicyclic amines) is 1. The fraction of sp³-hybridized carbons (Fsp3) is 0.333. The van der Waals surface area contributed by atoms with Crippen molar-refractivity contribution in [2.75, 3.05) is 6.54 Å². The van der Waals surface area contributed by atoms with Crippen LogP contribution in [0.5, 0.6) is 0 Å². The number of carbonyl (C=O) groups excluding carboxylic acids is 2. The van der Waals surface area contributed by atoms with E-state index in [1.165, 1.54) is 4.90 Å². The Morgan fingerprint density at radius 1 is 0.960 bits per heavy atom. The Kier molecular flexibility index (Phi) is 4.14. The van der Waals surface area contributed by atoms with Crippen LogP contribution in [0.4, 0.5) is 0 Å². The highest BCUT2D eigenvalue weighted by Gasteiger charge is 2.47. The van der Waals surface area contributed by atoms with Crippen molar-refractivity contribution in [3.05, 3.63) is 60.2 Å². The molecule has 1 N–H and O–H groups in total. The lowest BCUT2D eigenvalue weighted by Gasteiger charge is -2.19. The maximum absolute atomic E-state index is 12.5. The number of aliphatic hydroxyl groups is 1. The second-order valence-corrected chi connectivity index (χ2v) is 6.98. The van der Waals surface area contributed by atoms with Crippen molar-refractivity contribution in [1.29, 1.82) is 0 Å². The molecule has 1 aliphatic carbocycles. The lowest BCUT2D eigenvalue weighted by molar-refractivity contribution is -0.141. The summed E-state index contributed by atoms with van der Waals surface area (Å²) < 4.78 is 0. The number of imide groups is 1. The third-order valence-corrected chi connectivity index (χ3v) is 5.28. The van der Waals surface area contributed by atoms with Crippen molar-refractivity contribution in [3.63, 3.8) is 0 Å². The zero-order valence-corrected chi connectivity index (χ0v) is 14.0. The molecule has 0 radical (unpaired) electrons. The van der Waals surface area contributed by atoms with Crippen molar-refractivity contribution < 1.29 is 14.7 Å². The second-order valence-electron chi connectivity index (χ2n) is 6.98. The van der Waals surface area contributed by atoms with E-state index in [-0.39, 0.29) is 30.2 Å². The van der Waals surface area contributed by atoms with Crippen LogP contribution in [0.25, 0.3) is 10.8 Å². The normalized spacial score (nSPS) is 24.0. The molecule has 2 aliphatic rings. The quantitative estimate of drug-likeness (QED) is 0.690. The van der Waals surface area contributed by atoms with Crippen molar-refractivity contribution in [2.45, 2.75) is 25.4 Å². The van der Waals surface area contributed by atoms with Gasteiger partial charge < -0.3 is 5.11 Å². The molecule has 1 fully saturated rings. The zero-order valence-electron chi connectivity index (χ0n) is 14.0. The standard InChI is InChI=1S/C21H21NO3/c23-17(12-14-9-10-15-5-1-2-6-16(15)11-14)13-22-20(24)18-7-3-4-8-19(18)21(22)25/h1-6,9-11,17-19,23H,7-8,12-13H2/t17?,18-,19+. The predicted molar refractivity (Wildman–Crippen MR) is 95.7 cm³/mol. The predicted octanol–water partition coefficient (Wildman–Crippen LogP) is 2.69.